The molecule has 0 aliphatic carbocycles. The molecule has 5 heteroatoms. The Labute approximate surface area is 291 Å². The van der Waals surface area contributed by atoms with Crippen molar-refractivity contribution in [2.24, 2.45) is 0 Å². The summed E-state index contributed by atoms with van der Waals surface area (Å²) in [7, 11) is -0.641. The summed E-state index contributed by atoms with van der Waals surface area (Å²) in [6.07, 6.45) is 0. The molecule has 3 rings (SSSR count). The van der Waals surface area contributed by atoms with E-state index in [-0.39, 0.29) is 32.5 Å². The minimum atomic E-state index is -3.58. The van der Waals surface area contributed by atoms with E-state index in [2.05, 4.69) is 188 Å². The van der Waals surface area contributed by atoms with E-state index in [1.807, 2.05) is 0 Å². The molecule has 1 unspecified atom stereocenters. The van der Waals surface area contributed by atoms with Gasteiger partial charge in [-0.3, -0.25) is 0 Å². The minimum absolute atomic E-state index is 0.00777. The van der Waals surface area contributed by atoms with Crippen LogP contribution in [0.3, 0.4) is 0 Å². The van der Waals surface area contributed by atoms with Crippen molar-refractivity contribution in [2.75, 3.05) is 0 Å². The third-order valence-corrected chi connectivity index (χ3v) is 11.3. The van der Waals surface area contributed by atoms with Gasteiger partial charge in [0.25, 0.3) is 0 Å². The molecule has 0 spiro atoms. The van der Waals surface area contributed by atoms with Gasteiger partial charge < -0.3 is 0 Å². The summed E-state index contributed by atoms with van der Waals surface area (Å²) in [4.78, 5) is 0. The fourth-order valence-corrected chi connectivity index (χ4v) is 8.26. The van der Waals surface area contributed by atoms with Gasteiger partial charge in [0, 0.05) is 0 Å². The Morgan fingerprint density at radius 3 is 0.745 bits per heavy atom. The van der Waals surface area contributed by atoms with Crippen LogP contribution in [-0.2, 0) is 32.5 Å². The van der Waals surface area contributed by atoms with Crippen LogP contribution >= 0.6 is 16.6 Å². The van der Waals surface area contributed by atoms with Gasteiger partial charge in [0.1, 0.15) is 0 Å². The molecule has 3 aromatic carbocycles. The van der Waals surface area contributed by atoms with Crippen LogP contribution in [0.4, 0.5) is 0 Å². The Bertz CT molecular complexity index is 1370. The van der Waals surface area contributed by atoms with Crippen molar-refractivity contribution in [3.8, 4) is 17.2 Å². The van der Waals surface area contributed by atoms with Crippen molar-refractivity contribution in [2.45, 2.75) is 157 Å². The number of hydrogen-bond acceptors (Lipinski definition) is 3. The average Bonchev–Trinajstić information content (AvgIpc) is 2.85. The molecule has 0 saturated carbocycles. The number of rotatable bonds is 6. The van der Waals surface area contributed by atoms with Crippen LogP contribution in [0.25, 0.3) is 0 Å². The molecule has 1 atom stereocenters. The second kappa shape index (κ2) is 13.0. The van der Waals surface area contributed by atoms with Gasteiger partial charge in [-0.2, -0.15) is 0 Å². The molecule has 3 aromatic rings. The summed E-state index contributed by atoms with van der Waals surface area (Å²) in [6.45, 7) is 40.4. The molecule has 0 aliphatic rings. The zero-order chi connectivity index (χ0) is 36.2. The quantitative estimate of drug-likeness (QED) is 0.243. The van der Waals surface area contributed by atoms with Crippen molar-refractivity contribution in [3.05, 3.63) is 88.0 Å². The fraction of sp³-hybridized carbons (Fsp3) is 0.571. The first-order chi connectivity index (χ1) is 20.9. The molecule has 0 radical (unpaired) electrons. The maximum absolute atomic E-state index is 7.12. The van der Waals surface area contributed by atoms with Crippen molar-refractivity contribution in [1.29, 1.82) is 0 Å². The van der Waals surface area contributed by atoms with E-state index in [0.29, 0.717) is 0 Å². The van der Waals surface area contributed by atoms with Crippen LogP contribution in [0, 0.1) is 0 Å². The van der Waals surface area contributed by atoms with Gasteiger partial charge in [-0.05, 0) is 0 Å². The summed E-state index contributed by atoms with van der Waals surface area (Å²) < 4.78 is 21.4. The molecule has 0 fully saturated rings. The predicted molar refractivity (Wildman–Crippen MR) is 211 cm³/mol. The van der Waals surface area contributed by atoms with E-state index in [1.165, 1.54) is 16.7 Å². The molecule has 0 N–H and O–H groups in total. The molecule has 0 saturated heterocycles. The van der Waals surface area contributed by atoms with Crippen LogP contribution in [-0.4, -0.2) is 0 Å². The van der Waals surface area contributed by atoms with Gasteiger partial charge in [-0.25, -0.2) is 0 Å². The number of hydrogen-bond donors (Lipinski definition) is 0. The molecule has 0 bridgehead atoms. The van der Waals surface area contributed by atoms with E-state index in [4.69, 9.17) is 13.6 Å². The van der Waals surface area contributed by atoms with E-state index in [9.17, 15) is 0 Å². The third-order valence-electron chi connectivity index (χ3n) is 8.72. The standard InChI is InChI=1S/C42H66O3P2/c1-37(2,3)28-19-22-34(31(25-28)40(10,11)12)43-47(46,44-35-23-20-29(38(4,5)6)26-32(35)41(13,14)15)45-36-24-21-30(39(7,8)9)27-33(36)42(16,17)18/h19-27,47H,46H2,1-18H3. The number of benzene rings is 3. The van der Waals surface area contributed by atoms with E-state index in [1.54, 1.807) is 0 Å². The van der Waals surface area contributed by atoms with Gasteiger partial charge in [0.05, 0.1) is 0 Å². The van der Waals surface area contributed by atoms with Crippen LogP contribution in [0.1, 0.15) is 158 Å². The normalized spacial score (nSPS) is 14.2. The van der Waals surface area contributed by atoms with E-state index >= 15 is 0 Å². The van der Waals surface area contributed by atoms with Crippen LogP contribution in [0.15, 0.2) is 54.6 Å². The Kier molecular flexibility index (Phi) is 10.9. The van der Waals surface area contributed by atoms with Gasteiger partial charge in [0.2, 0.25) is 0 Å². The first kappa shape index (κ1) is 39.4. The molecule has 0 heterocycles. The van der Waals surface area contributed by atoms with Crippen LogP contribution in [0.2, 0.25) is 0 Å². The summed E-state index contributed by atoms with van der Waals surface area (Å²) in [6, 6.07) is 19.8. The maximum atomic E-state index is 7.12. The second-order valence-corrected chi connectivity index (χ2v) is 23.5. The summed E-state index contributed by atoms with van der Waals surface area (Å²) in [5.41, 5.74) is 6.76. The SMILES string of the molecule is CC(C)(C)c1ccc(O[PH](P)(Oc2ccc(C(C)(C)C)cc2C(C)(C)C)Oc2ccc(C(C)(C)C)cc2C(C)(C)C)c(C(C)(C)C)c1. The Hall–Kier alpha value is -2.08. The first-order valence-corrected chi connectivity index (χ1v) is 20.8. The Morgan fingerprint density at radius 2 is 0.574 bits per heavy atom. The van der Waals surface area contributed by atoms with Crippen LogP contribution in [0.5, 0.6) is 17.2 Å². The summed E-state index contributed by atoms with van der Waals surface area (Å²) >= 11 is 0. The molecule has 0 amide bonds. The van der Waals surface area contributed by atoms with E-state index in [0.717, 1.165) is 33.9 Å². The van der Waals surface area contributed by atoms with Gasteiger partial charge >= 0.3 is 292 Å². The van der Waals surface area contributed by atoms with Crippen molar-refractivity contribution >= 4 is 16.6 Å². The predicted octanol–water partition coefficient (Wildman–Crippen LogP) is 13.3. The molecular formula is C42H66O3P2. The average molecular weight is 681 g/mol. The van der Waals surface area contributed by atoms with Gasteiger partial charge in [0.15, 0.2) is 0 Å². The third kappa shape index (κ3) is 9.98. The topological polar surface area (TPSA) is 27.7 Å². The zero-order valence-electron chi connectivity index (χ0n) is 33.0. The first-order valence-electron chi connectivity index (χ1n) is 17.2. The zero-order valence-corrected chi connectivity index (χ0v) is 35.2. The molecular weight excluding hydrogens is 614 g/mol. The van der Waals surface area contributed by atoms with Gasteiger partial charge in [-0.15, -0.1) is 0 Å². The van der Waals surface area contributed by atoms with Crippen molar-refractivity contribution < 1.29 is 13.6 Å². The summed E-state index contributed by atoms with van der Waals surface area (Å²) in [5, 5.41) is 0. The van der Waals surface area contributed by atoms with E-state index < -0.39 is 7.63 Å². The Morgan fingerprint density at radius 1 is 0.362 bits per heavy atom. The molecule has 0 aliphatic heterocycles. The van der Waals surface area contributed by atoms with Gasteiger partial charge in [-0.1, -0.05) is 0 Å². The summed E-state index contributed by atoms with van der Waals surface area (Å²) in [5.74, 6) is 2.37. The molecule has 262 valence electrons. The molecule has 47 heavy (non-hydrogen) atoms. The van der Waals surface area contributed by atoms with Crippen molar-refractivity contribution in [3.63, 3.8) is 0 Å². The fourth-order valence-electron chi connectivity index (χ4n) is 5.54. The Balaban J connectivity index is 2.31. The monoisotopic (exact) mass is 680 g/mol. The molecule has 3 nitrogen and oxygen atoms in total. The second-order valence-electron chi connectivity index (χ2n) is 19.5. The van der Waals surface area contributed by atoms with Crippen LogP contribution < -0.4 is 13.6 Å². The molecule has 0 aromatic heterocycles. The van der Waals surface area contributed by atoms with Crippen molar-refractivity contribution in [1.82, 2.24) is 0 Å².